The second-order valence-corrected chi connectivity index (χ2v) is 6.21. The Bertz CT molecular complexity index is 363. The van der Waals surface area contributed by atoms with Crippen LogP contribution in [0.4, 0.5) is 0 Å². The van der Waals surface area contributed by atoms with E-state index in [1.807, 2.05) is 51.3 Å². The molecule has 0 heterocycles. The van der Waals surface area contributed by atoms with Crippen LogP contribution in [0.3, 0.4) is 0 Å². The summed E-state index contributed by atoms with van der Waals surface area (Å²) in [6.07, 6.45) is 2.20. The number of rotatable bonds is 8. The van der Waals surface area contributed by atoms with Crippen LogP contribution in [0.1, 0.15) is 26.3 Å². The lowest BCUT2D eigenvalue weighted by Gasteiger charge is -2.22. The van der Waals surface area contributed by atoms with Crippen molar-refractivity contribution in [3.05, 3.63) is 29.8 Å². The Hall–Kier alpha value is -0.710. The second-order valence-electron chi connectivity index (χ2n) is 5.34. The van der Waals surface area contributed by atoms with E-state index in [-0.39, 0.29) is 6.10 Å². The number of hydrogen-bond donors (Lipinski definition) is 2. The van der Waals surface area contributed by atoms with E-state index in [2.05, 4.69) is 5.32 Å². The van der Waals surface area contributed by atoms with Gasteiger partial charge in [-0.15, -0.1) is 0 Å². The zero-order valence-corrected chi connectivity index (χ0v) is 13.1. The van der Waals surface area contributed by atoms with Gasteiger partial charge in [-0.2, -0.15) is 11.8 Å². The average Bonchev–Trinajstić information content (AvgIpc) is 2.30. The highest BCUT2D eigenvalue weighted by molar-refractivity contribution is 7.98. The summed E-state index contributed by atoms with van der Waals surface area (Å²) in [4.78, 5) is 0. The zero-order valence-electron chi connectivity index (χ0n) is 12.3. The number of hydrogen-bond acceptors (Lipinski definition) is 4. The molecule has 2 N–H and O–H groups in total. The molecule has 0 radical (unpaired) electrons. The van der Waals surface area contributed by atoms with Gasteiger partial charge in [0.25, 0.3) is 0 Å². The summed E-state index contributed by atoms with van der Waals surface area (Å²) < 4.78 is 5.60. The number of nitrogens with one attached hydrogen (secondary N) is 1. The van der Waals surface area contributed by atoms with E-state index in [9.17, 15) is 5.11 Å². The van der Waals surface area contributed by atoms with Crippen LogP contribution in [-0.4, -0.2) is 35.4 Å². The van der Waals surface area contributed by atoms with Crippen molar-refractivity contribution in [2.24, 2.45) is 0 Å². The van der Waals surface area contributed by atoms with Gasteiger partial charge in [-0.25, -0.2) is 0 Å². The predicted octanol–water partition coefficient (Wildman–Crippen LogP) is 2.68. The van der Waals surface area contributed by atoms with Crippen molar-refractivity contribution >= 4 is 11.8 Å². The van der Waals surface area contributed by atoms with E-state index >= 15 is 0 Å². The Morgan fingerprint density at radius 1 is 1.32 bits per heavy atom. The molecule has 0 amide bonds. The molecule has 0 fully saturated rings. The normalized spacial score (nSPS) is 14.4. The van der Waals surface area contributed by atoms with Crippen molar-refractivity contribution in [1.29, 1.82) is 0 Å². The largest absolute Gasteiger partial charge is 0.491 e. The number of benzene rings is 1. The molecule has 0 saturated heterocycles. The monoisotopic (exact) mass is 283 g/mol. The van der Waals surface area contributed by atoms with Gasteiger partial charge in [0.1, 0.15) is 5.75 Å². The third kappa shape index (κ3) is 6.85. The standard InChI is InChI=1S/C15H25NO2S/c1-12(2)18-14-7-5-13(6-8-14)9-16-10-15(3,17)11-19-4/h5-8,12,16-17H,9-11H2,1-4H3. The van der Waals surface area contributed by atoms with Gasteiger partial charge in [-0.3, -0.25) is 0 Å². The lowest BCUT2D eigenvalue weighted by Crippen LogP contribution is -2.39. The fourth-order valence-electron chi connectivity index (χ4n) is 1.80. The van der Waals surface area contributed by atoms with E-state index in [0.29, 0.717) is 6.54 Å². The summed E-state index contributed by atoms with van der Waals surface area (Å²) in [6, 6.07) is 8.07. The third-order valence-corrected chi connectivity index (χ3v) is 3.50. The van der Waals surface area contributed by atoms with E-state index in [1.54, 1.807) is 11.8 Å². The van der Waals surface area contributed by atoms with Crippen LogP contribution in [0, 0.1) is 0 Å². The number of aliphatic hydroxyl groups is 1. The van der Waals surface area contributed by atoms with Crippen molar-refractivity contribution in [1.82, 2.24) is 5.32 Å². The lowest BCUT2D eigenvalue weighted by molar-refractivity contribution is 0.0846. The van der Waals surface area contributed by atoms with Gasteiger partial charge in [0, 0.05) is 18.8 Å². The van der Waals surface area contributed by atoms with Crippen molar-refractivity contribution in [3.8, 4) is 5.75 Å². The van der Waals surface area contributed by atoms with E-state index in [4.69, 9.17) is 4.74 Å². The quantitative estimate of drug-likeness (QED) is 0.769. The molecule has 1 aromatic rings. The third-order valence-electron chi connectivity index (χ3n) is 2.59. The van der Waals surface area contributed by atoms with Gasteiger partial charge in [-0.05, 0) is 44.7 Å². The fourth-order valence-corrected chi connectivity index (χ4v) is 2.52. The first kappa shape index (κ1) is 16.3. The van der Waals surface area contributed by atoms with Crippen LogP contribution in [0.5, 0.6) is 5.75 Å². The smallest absolute Gasteiger partial charge is 0.119 e. The summed E-state index contributed by atoms with van der Waals surface area (Å²) in [5, 5.41) is 13.3. The summed E-state index contributed by atoms with van der Waals surface area (Å²) in [5.74, 6) is 1.63. The molecular weight excluding hydrogens is 258 g/mol. The highest BCUT2D eigenvalue weighted by atomic mass is 32.2. The van der Waals surface area contributed by atoms with Crippen molar-refractivity contribution in [3.63, 3.8) is 0 Å². The molecule has 0 aromatic heterocycles. The molecule has 0 bridgehead atoms. The Morgan fingerprint density at radius 3 is 2.47 bits per heavy atom. The Labute approximate surface area is 120 Å². The van der Waals surface area contributed by atoms with Crippen LogP contribution in [0.15, 0.2) is 24.3 Å². The molecule has 0 aliphatic heterocycles. The SMILES string of the molecule is CSCC(C)(O)CNCc1ccc(OC(C)C)cc1. The number of ether oxygens (including phenoxy) is 1. The maximum absolute atomic E-state index is 10.0. The van der Waals surface area contributed by atoms with Crippen molar-refractivity contribution in [2.75, 3.05) is 18.6 Å². The second kappa shape index (κ2) is 7.78. The first-order valence-corrected chi connectivity index (χ1v) is 8.00. The minimum Gasteiger partial charge on any atom is -0.491 e. The van der Waals surface area contributed by atoms with E-state index in [1.165, 1.54) is 5.56 Å². The Kier molecular flexibility index (Phi) is 6.69. The maximum Gasteiger partial charge on any atom is 0.119 e. The van der Waals surface area contributed by atoms with Crippen LogP contribution in [-0.2, 0) is 6.54 Å². The van der Waals surface area contributed by atoms with Gasteiger partial charge >= 0.3 is 0 Å². The van der Waals surface area contributed by atoms with Crippen LogP contribution in [0.2, 0.25) is 0 Å². The molecule has 19 heavy (non-hydrogen) atoms. The molecule has 0 saturated carbocycles. The van der Waals surface area contributed by atoms with Gasteiger partial charge < -0.3 is 15.2 Å². The predicted molar refractivity (Wildman–Crippen MR) is 82.9 cm³/mol. The van der Waals surface area contributed by atoms with E-state index in [0.717, 1.165) is 18.0 Å². The van der Waals surface area contributed by atoms with Crippen molar-refractivity contribution < 1.29 is 9.84 Å². The molecule has 1 aromatic carbocycles. The minimum absolute atomic E-state index is 0.200. The van der Waals surface area contributed by atoms with Gasteiger partial charge in [0.2, 0.25) is 0 Å². The average molecular weight is 283 g/mol. The van der Waals surface area contributed by atoms with Crippen molar-refractivity contribution in [2.45, 2.75) is 39.0 Å². The van der Waals surface area contributed by atoms with Gasteiger partial charge in [0.15, 0.2) is 0 Å². The highest BCUT2D eigenvalue weighted by Crippen LogP contribution is 2.14. The Morgan fingerprint density at radius 2 is 1.95 bits per heavy atom. The first-order chi connectivity index (χ1) is 8.93. The molecular formula is C15H25NO2S. The lowest BCUT2D eigenvalue weighted by atomic mass is 10.1. The molecule has 4 heteroatoms. The van der Waals surface area contributed by atoms with E-state index < -0.39 is 5.60 Å². The minimum atomic E-state index is -0.653. The van der Waals surface area contributed by atoms with Crippen LogP contribution in [0.25, 0.3) is 0 Å². The van der Waals surface area contributed by atoms with Gasteiger partial charge in [0.05, 0.1) is 11.7 Å². The fraction of sp³-hybridized carbons (Fsp3) is 0.600. The molecule has 3 nitrogen and oxygen atoms in total. The summed E-state index contributed by atoms with van der Waals surface area (Å²) in [7, 11) is 0. The van der Waals surface area contributed by atoms with Crippen LogP contribution >= 0.6 is 11.8 Å². The zero-order chi connectivity index (χ0) is 14.3. The molecule has 0 aliphatic carbocycles. The Balaban J connectivity index is 2.38. The number of thioether (sulfide) groups is 1. The summed E-state index contributed by atoms with van der Waals surface area (Å²) in [5.41, 5.74) is 0.538. The maximum atomic E-state index is 10.0. The molecule has 1 atom stereocenters. The molecule has 0 aliphatic rings. The summed E-state index contributed by atoms with van der Waals surface area (Å²) >= 11 is 1.66. The molecule has 108 valence electrons. The molecule has 1 rings (SSSR count). The topological polar surface area (TPSA) is 41.5 Å². The van der Waals surface area contributed by atoms with Gasteiger partial charge in [-0.1, -0.05) is 12.1 Å². The van der Waals surface area contributed by atoms with Crippen LogP contribution < -0.4 is 10.1 Å². The molecule has 0 spiro atoms. The first-order valence-electron chi connectivity index (χ1n) is 6.60. The molecule has 1 unspecified atom stereocenters. The summed E-state index contributed by atoms with van der Waals surface area (Å²) in [6.45, 7) is 7.24. The highest BCUT2D eigenvalue weighted by Gasteiger charge is 2.18.